The Hall–Kier alpha value is -1.31. The van der Waals surface area contributed by atoms with E-state index in [0.29, 0.717) is 5.92 Å². The lowest BCUT2D eigenvalue weighted by Gasteiger charge is -2.36. The first-order valence-corrected chi connectivity index (χ1v) is 11.6. The van der Waals surface area contributed by atoms with E-state index in [2.05, 4.69) is 24.3 Å². The Morgan fingerprint density at radius 1 is 0.821 bits per heavy atom. The third-order valence-electron chi connectivity index (χ3n) is 7.21. The molecule has 1 N–H and O–H groups in total. The summed E-state index contributed by atoms with van der Waals surface area (Å²) in [7, 11) is 0. The Morgan fingerprint density at radius 3 is 2.11 bits per heavy atom. The Balaban J connectivity index is 1.31. The fourth-order valence-corrected chi connectivity index (χ4v) is 5.41. The Labute approximate surface area is 175 Å². The van der Waals surface area contributed by atoms with Crippen molar-refractivity contribution in [3.05, 3.63) is 70.2 Å². The SMILES string of the molecule is OC1(c2ccc(Cl)cc2)CCC(c2ccc(CCC3CCCCC3)cc2)CC1. The Bertz CT molecular complexity index is 735. The second kappa shape index (κ2) is 9.01. The van der Waals surface area contributed by atoms with E-state index in [9.17, 15) is 5.11 Å². The van der Waals surface area contributed by atoms with Crippen LogP contribution >= 0.6 is 11.6 Å². The summed E-state index contributed by atoms with van der Waals surface area (Å²) in [6, 6.07) is 17.1. The minimum atomic E-state index is -0.693. The molecular weight excluding hydrogens is 364 g/mol. The van der Waals surface area contributed by atoms with Crippen molar-refractivity contribution < 1.29 is 5.11 Å². The highest BCUT2D eigenvalue weighted by Crippen LogP contribution is 2.43. The lowest BCUT2D eigenvalue weighted by atomic mass is 9.73. The monoisotopic (exact) mass is 396 g/mol. The van der Waals surface area contributed by atoms with Gasteiger partial charge in [-0.15, -0.1) is 0 Å². The molecule has 0 heterocycles. The summed E-state index contributed by atoms with van der Waals surface area (Å²) in [5, 5.41) is 11.8. The van der Waals surface area contributed by atoms with Gasteiger partial charge < -0.3 is 5.11 Å². The number of halogens is 1. The summed E-state index contributed by atoms with van der Waals surface area (Å²) in [6.07, 6.45) is 13.5. The van der Waals surface area contributed by atoms with Crippen LogP contribution in [0.1, 0.15) is 86.8 Å². The maximum absolute atomic E-state index is 11.1. The minimum Gasteiger partial charge on any atom is -0.385 e. The van der Waals surface area contributed by atoms with E-state index in [-0.39, 0.29) is 0 Å². The van der Waals surface area contributed by atoms with Gasteiger partial charge in [0.15, 0.2) is 0 Å². The van der Waals surface area contributed by atoms with Crippen LogP contribution in [0, 0.1) is 5.92 Å². The van der Waals surface area contributed by atoms with Crippen LogP contribution in [0.5, 0.6) is 0 Å². The first-order valence-electron chi connectivity index (χ1n) is 11.2. The summed E-state index contributed by atoms with van der Waals surface area (Å²) in [6.45, 7) is 0. The molecule has 1 nitrogen and oxygen atoms in total. The topological polar surface area (TPSA) is 20.2 Å². The predicted octanol–water partition coefficient (Wildman–Crippen LogP) is 7.40. The number of aliphatic hydroxyl groups is 1. The Kier molecular flexibility index (Phi) is 6.43. The zero-order valence-electron chi connectivity index (χ0n) is 16.9. The normalized spacial score (nSPS) is 26.3. The van der Waals surface area contributed by atoms with E-state index in [4.69, 9.17) is 11.6 Å². The molecule has 2 saturated carbocycles. The summed E-state index contributed by atoms with van der Waals surface area (Å²) in [5.41, 5.74) is 3.25. The van der Waals surface area contributed by atoms with Gasteiger partial charge in [0.25, 0.3) is 0 Å². The van der Waals surface area contributed by atoms with E-state index in [0.717, 1.165) is 42.2 Å². The highest BCUT2D eigenvalue weighted by atomic mass is 35.5. The van der Waals surface area contributed by atoms with E-state index in [1.807, 2.05) is 24.3 Å². The van der Waals surface area contributed by atoms with Gasteiger partial charge in [0.2, 0.25) is 0 Å². The fraction of sp³-hybridized carbons (Fsp3) is 0.538. The van der Waals surface area contributed by atoms with Crippen molar-refractivity contribution in [1.82, 2.24) is 0 Å². The molecule has 4 rings (SSSR count). The molecule has 0 aliphatic heterocycles. The standard InChI is InChI=1S/C26H33ClO/c27-25-14-12-24(13-15-25)26(28)18-16-23(17-19-26)22-10-8-21(9-11-22)7-6-20-4-2-1-3-5-20/h8-15,20,23,28H,1-7,16-19H2. The molecule has 2 aromatic carbocycles. The molecule has 28 heavy (non-hydrogen) atoms. The Morgan fingerprint density at radius 2 is 1.46 bits per heavy atom. The van der Waals surface area contributed by atoms with Gasteiger partial charge in [0.1, 0.15) is 0 Å². The minimum absolute atomic E-state index is 0.569. The van der Waals surface area contributed by atoms with Crippen LogP contribution in [0.25, 0.3) is 0 Å². The smallest absolute Gasteiger partial charge is 0.0897 e. The molecule has 2 fully saturated rings. The molecule has 0 saturated heterocycles. The molecule has 0 radical (unpaired) electrons. The van der Waals surface area contributed by atoms with Crippen LogP contribution in [0.15, 0.2) is 48.5 Å². The van der Waals surface area contributed by atoms with E-state index in [1.54, 1.807) is 0 Å². The summed E-state index contributed by atoms with van der Waals surface area (Å²) in [4.78, 5) is 0. The quantitative estimate of drug-likeness (QED) is 0.558. The van der Waals surface area contributed by atoms with E-state index >= 15 is 0 Å². The highest BCUT2D eigenvalue weighted by molar-refractivity contribution is 6.30. The van der Waals surface area contributed by atoms with Gasteiger partial charge in [0, 0.05) is 5.02 Å². The molecule has 0 amide bonds. The second-order valence-corrected chi connectivity index (χ2v) is 9.53. The van der Waals surface area contributed by atoms with Crippen molar-refractivity contribution in [2.45, 2.75) is 82.1 Å². The van der Waals surface area contributed by atoms with Crippen LogP contribution in [0.3, 0.4) is 0 Å². The first-order chi connectivity index (χ1) is 13.6. The van der Waals surface area contributed by atoms with Gasteiger partial charge in [-0.2, -0.15) is 0 Å². The van der Waals surface area contributed by atoms with Crippen molar-refractivity contribution in [1.29, 1.82) is 0 Å². The molecule has 2 heteroatoms. The van der Waals surface area contributed by atoms with Crippen molar-refractivity contribution in [2.24, 2.45) is 5.92 Å². The molecule has 0 spiro atoms. The average Bonchev–Trinajstić information content (AvgIpc) is 2.74. The largest absolute Gasteiger partial charge is 0.385 e. The van der Waals surface area contributed by atoms with Gasteiger partial charge in [0.05, 0.1) is 5.60 Å². The van der Waals surface area contributed by atoms with Crippen molar-refractivity contribution in [3.8, 4) is 0 Å². The lowest BCUT2D eigenvalue weighted by Crippen LogP contribution is -2.30. The highest BCUT2D eigenvalue weighted by Gasteiger charge is 2.35. The number of rotatable bonds is 5. The van der Waals surface area contributed by atoms with E-state index in [1.165, 1.54) is 56.1 Å². The van der Waals surface area contributed by atoms with Gasteiger partial charge in [-0.1, -0.05) is 80.1 Å². The zero-order chi connectivity index (χ0) is 19.4. The van der Waals surface area contributed by atoms with Crippen molar-refractivity contribution in [2.75, 3.05) is 0 Å². The van der Waals surface area contributed by atoms with E-state index < -0.39 is 5.60 Å². The van der Waals surface area contributed by atoms with Crippen LogP contribution in [-0.4, -0.2) is 5.11 Å². The molecule has 2 aliphatic rings. The maximum atomic E-state index is 11.1. The third-order valence-corrected chi connectivity index (χ3v) is 7.46. The average molecular weight is 397 g/mol. The molecule has 150 valence electrons. The van der Waals surface area contributed by atoms with Gasteiger partial charge in [-0.25, -0.2) is 0 Å². The lowest BCUT2D eigenvalue weighted by molar-refractivity contribution is -0.00566. The summed E-state index contributed by atoms with van der Waals surface area (Å²) in [5.74, 6) is 1.53. The molecule has 0 atom stereocenters. The molecule has 0 bridgehead atoms. The maximum Gasteiger partial charge on any atom is 0.0897 e. The van der Waals surface area contributed by atoms with Gasteiger partial charge in [-0.3, -0.25) is 0 Å². The van der Waals surface area contributed by atoms with Crippen LogP contribution < -0.4 is 0 Å². The fourth-order valence-electron chi connectivity index (χ4n) is 5.28. The molecule has 2 aromatic rings. The number of hydrogen-bond donors (Lipinski definition) is 1. The van der Waals surface area contributed by atoms with Crippen LogP contribution in [0.2, 0.25) is 5.02 Å². The van der Waals surface area contributed by atoms with Crippen molar-refractivity contribution in [3.63, 3.8) is 0 Å². The predicted molar refractivity (Wildman–Crippen MR) is 118 cm³/mol. The zero-order valence-corrected chi connectivity index (χ0v) is 17.6. The molecule has 2 aliphatic carbocycles. The second-order valence-electron chi connectivity index (χ2n) is 9.10. The number of hydrogen-bond acceptors (Lipinski definition) is 1. The third kappa shape index (κ3) is 4.81. The van der Waals surface area contributed by atoms with Crippen molar-refractivity contribution >= 4 is 11.6 Å². The first kappa shape index (κ1) is 20.0. The molecule has 0 unspecified atom stereocenters. The van der Waals surface area contributed by atoms with Crippen LogP contribution in [0.4, 0.5) is 0 Å². The summed E-state index contributed by atoms with van der Waals surface area (Å²) >= 11 is 6.00. The molecule has 0 aromatic heterocycles. The molecular formula is C26H33ClO. The summed E-state index contributed by atoms with van der Waals surface area (Å²) < 4.78 is 0. The van der Waals surface area contributed by atoms with Gasteiger partial charge >= 0.3 is 0 Å². The van der Waals surface area contributed by atoms with Gasteiger partial charge in [-0.05, 0) is 79.2 Å². The number of aryl methyl sites for hydroxylation is 1. The number of benzene rings is 2. The van der Waals surface area contributed by atoms with Crippen LogP contribution in [-0.2, 0) is 12.0 Å².